The van der Waals surface area contributed by atoms with Gasteiger partial charge in [0, 0.05) is 12.1 Å². The highest BCUT2D eigenvalue weighted by atomic mass is 15.3. The number of hydrogen-bond donors (Lipinski definition) is 1. The Bertz CT molecular complexity index is 581. The highest BCUT2D eigenvalue weighted by molar-refractivity contribution is 5.54. The number of aromatic nitrogens is 2. The molecule has 0 bridgehead atoms. The second-order valence-electron chi connectivity index (χ2n) is 5.44. The van der Waals surface area contributed by atoms with Gasteiger partial charge in [-0.25, -0.2) is 4.68 Å². The Balaban J connectivity index is 2.05. The van der Waals surface area contributed by atoms with Crippen molar-refractivity contribution in [2.45, 2.75) is 46.0 Å². The van der Waals surface area contributed by atoms with Gasteiger partial charge >= 0.3 is 0 Å². The lowest BCUT2D eigenvalue weighted by atomic mass is 10.1. The number of benzene rings is 1. The third-order valence-electron chi connectivity index (χ3n) is 4.14. The summed E-state index contributed by atoms with van der Waals surface area (Å²) >= 11 is 0. The minimum atomic E-state index is 1.00. The summed E-state index contributed by atoms with van der Waals surface area (Å²) < 4.78 is 2.10. The minimum absolute atomic E-state index is 1.00. The molecule has 0 unspecified atom stereocenters. The van der Waals surface area contributed by atoms with Gasteiger partial charge in [-0.05, 0) is 49.8 Å². The summed E-state index contributed by atoms with van der Waals surface area (Å²) in [5.41, 5.74) is 5.20. The van der Waals surface area contributed by atoms with Crippen molar-refractivity contribution in [3.8, 4) is 5.69 Å². The molecule has 0 aliphatic carbocycles. The fourth-order valence-electron chi connectivity index (χ4n) is 2.92. The number of nitrogens with zero attached hydrogens (tertiary/aromatic N) is 2. The first-order valence-electron chi connectivity index (χ1n) is 7.77. The van der Waals surface area contributed by atoms with Gasteiger partial charge in [0.25, 0.3) is 0 Å². The van der Waals surface area contributed by atoms with E-state index in [1.807, 2.05) is 0 Å². The summed E-state index contributed by atoms with van der Waals surface area (Å²) in [4.78, 5) is 0. The predicted octanol–water partition coefficient (Wildman–Crippen LogP) is 3.75. The molecule has 106 valence electrons. The van der Waals surface area contributed by atoms with Crippen LogP contribution in [0.3, 0.4) is 0 Å². The molecule has 2 aromatic rings. The Hall–Kier alpha value is -1.77. The molecule has 1 aromatic heterocycles. The third-order valence-corrected chi connectivity index (χ3v) is 4.14. The SMILES string of the molecule is CCc1ccc(-n2nc(CC)c3c2NCCCC3)cc1. The number of hydrogen-bond acceptors (Lipinski definition) is 2. The van der Waals surface area contributed by atoms with E-state index in [4.69, 9.17) is 5.10 Å². The molecule has 20 heavy (non-hydrogen) atoms. The largest absolute Gasteiger partial charge is 0.370 e. The van der Waals surface area contributed by atoms with Crippen LogP contribution in [-0.2, 0) is 19.3 Å². The van der Waals surface area contributed by atoms with Gasteiger partial charge in [-0.15, -0.1) is 0 Å². The van der Waals surface area contributed by atoms with E-state index in [1.54, 1.807) is 0 Å². The molecule has 0 atom stereocenters. The minimum Gasteiger partial charge on any atom is -0.370 e. The highest BCUT2D eigenvalue weighted by Crippen LogP contribution is 2.28. The summed E-state index contributed by atoms with van der Waals surface area (Å²) in [6.07, 6.45) is 5.73. The zero-order valence-electron chi connectivity index (χ0n) is 12.4. The Morgan fingerprint density at radius 3 is 2.60 bits per heavy atom. The fourth-order valence-corrected chi connectivity index (χ4v) is 2.92. The van der Waals surface area contributed by atoms with Crippen molar-refractivity contribution in [3.05, 3.63) is 41.1 Å². The molecule has 0 fully saturated rings. The van der Waals surface area contributed by atoms with Crippen LogP contribution in [-0.4, -0.2) is 16.3 Å². The smallest absolute Gasteiger partial charge is 0.133 e. The number of fused-ring (bicyclic) bond motifs is 1. The number of rotatable bonds is 3. The van der Waals surface area contributed by atoms with Gasteiger partial charge in [0.15, 0.2) is 0 Å². The molecule has 1 aromatic carbocycles. The number of aryl methyl sites for hydroxylation is 2. The van der Waals surface area contributed by atoms with Crippen molar-refractivity contribution in [1.29, 1.82) is 0 Å². The summed E-state index contributed by atoms with van der Waals surface area (Å²) in [5, 5.41) is 8.41. The van der Waals surface area contributed by atoms with Gasteiger partial charge < -0.3 is 5.32 Å². The normalized spacial score (nSPS) is 14.5. The highest BCUT2D eigenvalue weighted by Gasteiger charge is 2.19. The second-order valence-corrected chi connectivity index (χ2v) is 5.44. The Kier molecular flexibility index (Phi) is 3.77. The molecule has 3 heteroatoms. The van der Waals surface area contributed by atoms with Crippen LogP contribution in [0.2, 0.25) is 0 Å². The maximum absolute atomic E-state index is 4.83. The summed E-state index contributed by atoms with van der Waals surface area (Å²) in [6.45, 7) is 5.43. The Morgan fingerprint density at radius 1 is 1.10 bits per heavy atom. The summed E-state index contributed by atoms with van der Waals surface area (Å²) in [5.74, 6) is 1.21. The molecule has 2 heterocycles. The van der Waals surface area contributed by atoms with Crippen molar-refractivity contribution in [1.82, 2.24) is 9.78 Å². The van der Waals surface area contributed by atoms with Crippen LogP contribution in [0.5, 0.6) is 0 Å². The predicted molar refractivity (Wildman–Crippen MR) is 83.7 cm³/mol. The summed E-state index contributed by atoms with van der Waals surface area (Å²) in [6, 6.07) is 8.76. The first-order valence-corrected chi connectivity index (χ1v) is 7.77. The monoisotopic (exact) mass is 269 g/mol. The quantitative estimate of drug-likeness (QED) is 0.919. The third kappa shape index (κ3) is 2.33. The molecule has 0 radical (unpaired) electrons. The molecule has 0 saturated heterocycles. The molecule has 3 rings (SSSR count). The zero-order valence-corrected chi connectivity index (χ0v) is 12.4. The van der Waals surface area contributed by atoms with E-state index in [0.717, 1.165) is 31.5 Å². The maximum Gasteiger partial charge on any atom is 0.133 e. The van der Waals surface area contributed by atoms with Crippen molar-refractivity contribution >= 4 is 5.82 Å². The van der Waals surface area contributed by atoms with Crippen LogP contribution in [0.1, 0.15) is 43.5 Å². The standard InChI is InChI=1S/C17H23N3/c1-3-13-8-10-14(11-9-13)20-17-15(16(4-2)19-20)7-5-6-12-18-17/h8-11,18H,3-7,12H2,1-2H3. The number of nitrogens with one attached hydrogen (secondary N) is 1. The lowest BCUT2D eigenvalue weighted by Gasteiger charge is -2.09. The topological polar surface area (TPSA) is 29.9 Å². The first kappa shape index (κ1) is 13.2. The first-order chi connectivity index (χ1) is 9.83. The second kappa shape index (κ2) is 5.70. The average Bonchev–Trinajstić information content (AvgIpc) is 2.68. The Morgan fingerprint density at radius 2 is 1.90 bits per heavy atom. The molecule has 1 aliphatic heterocycles. The van der Waals surface area contributed by atoms with Crippen LogP contribution in [0.15, 0.2) is 24.3 Å². The van der Waals surface area contributed by atoms with E-state index < -0.39 is 0 Å². The van der Waals surface area contributed by atoms with Crippen molar-refractivity contribution in [2.75, 3.05) is 11.9 Å². The Labute approximate surface area is 121 Å². The molecule has 0 saturated carbocycles. The van der Waals surface area contributed by atoms with Crippen LogP contribution in [0, 0.1) is 0 Å². The van der Waals surface area contributed by atoms with Crippen LogP contribution < -0.4 is 5.32 Å². The van der Waals surface area contributed by atoms with Gasteiger partial charge in [-0.3, -0.25) is 0 Å². The molecule has 0 amide bonds. The van der Waals surface area contributed by atoms with Crippen molar-refractivity contribution in [2.24, 2.45) is 0 Å². The van der Waals surface area contributed by atoms with E-state index in [1.165, 1.54) is 35.5 Å². The van der Waals surface area contributed by atoms with Gasteiger partial charge in [-0.2, -0.15) is 5.10 Å². The van der Waals surface area contributed by atoms with Crippen LogP contribution in [0.4, 0.5) is 5.82 Å². The molecule has 3 nitrogen and oxygen atoms in total. The van der Waals surface area contributed by atoms with E-state index in [9.17, 15) is 0 Å². The van der Waals surface area contributed by atoms with Gasteiger partial charge in [0.2, 0.25) is 0 Å². The van der Waals surface area contributed by atoms with E-state index in [0.29, 0.717) is 0 Å². The fraction of sp³-hybridized carbons (Fsp3) is 0.471. The van der Waals surface area contributed by atoms with E-state index in [2.05, 4.69) is 48.1 Å². The van der Waals surface area contributed by atoms with Crippen LogP contribution in [0.25, 0.3) is 5.69 Å². The van der Waals surface area contributed by atoms with E-state index in [-0.39, 0.29) is 0 Å². The number of anilines is 1. The van der Waals surface area contributed by atoms with Crippen LogP contribution >= 0.6 is 0 Å². The van der Waals surface area contributed by atoms with Gasteiger partial charge in [0.05, 0.1) is 11.4 Å². The summed E-state index contributed by atoms with van der Waals surface area (Å²) in [7, 11) is 0. The molecular weight excluding hydrogens is 246 g/mol. The lowest BCUT2D eigenvalue weighted by molar-refractivity contribution is 0.765. The van der Waals surface area contributed by atoms with Gasteiger partial charge in [-0.1, -0.05) is 26.0 Å². The van der Waals surface area contributed by atoms with Crippen molar-refractivity contribution < 1.29 is 0 Å². The lowest BCUT2D eigenvalue weighted by Crippen LogP contribution is -2.07. The molecular formula is C17H23N3. The van der Waals surface area contributed by atoms with E-state index >= 15 is 0 Å². The van der Waals surface area contributed by atoms with Crippen molar-refractivity contribution in [3.63, 3.8) is 0 Å². The maximum atomic E-state index is 4.83. The molecule has 0 spiro atoms. The molecule has 1 N–H and O–H groups in total. The zero-order chi connectivity index (χ0) is 13.9. The average molecular weight is 269 g/mol. The molecule has 1 aliphatic rings. The van der Waals surface area contributed by atoms with Gasteiger partial charge in [0.1, 0.15) is 5.82 Å².